The van der Waals surface area contributed by atoms with Crippen LogP contribution in [0.15, 0.2) is 48.5 Å². The lowest BCUT2D eigenvalue weighted by Gasteiger charge is -2.50. The molecule has 9 heteroatoms. The summed E-state index contributed by atoms with van der Waals surface area (Å²) in [6.07, 6.45) is -3.24. The lowest BCUT2D eigenvalue weighted by atomic mass is 9.56. The minimum absolute atomic E-state index is 0.0117. The van der Waals surface area contributed by atoms with E-state index in [1.807, 2.05) is 30.3 Å². The molecular formula is C24H26F4O4S. The third-order valence-corrected chi connectivity index (χ3v) is 7.92. The molecule has 0 aliphatic heterocycles. The van der Waals surface area contributed by atoms with Crippen molar-refractivity contribution < 1.29 is 35.3 Å². The molecule has 0 amide bonds. The number of hydrogen-bond donors (Lipinski definition) is 1. The number of benzene rings is 2. The fourth-order valence-electron chi connectivity index (χ4n) is 5.64. The number of fused-ring (bicyclic) bond motifs is 3. The predicted molar refractivity (Wildman–Crippen MR) is 115 cm³/mol. The summed E-state index contributed by atoms with van der Waals surface area (Å²) in [5, 5.41) is 10.5. The zero-order chi connectivity index (χ0) is 23.9. The zero-order valence-electron chi connectivity index (χ0n) is 17.9. The lowest BCUT2D eigenvalue weighted by molar-refractivity contribution is -0.279. The summed E-state index contributed by atoms with van der Waals surface area (Å²) in [5.74, 6) is -0.428. The summed E-state index contributed by atoms with van der Waals surface area (Å²) < 4.78 is 81.9. The van der Waals surface area contributed by atoms with Crippen molar-refractivity contribution in [1.82, 2.24) is 0 Å². The maximum atomic E-state index is 13.7. The highest BCUT2D eigenvalue weighted by molar-refractivity contribution is 7.86. The molecule has 0 heterocycles. The van der Waals surface area contributed by atoms with Gasteiger partial charge in [0.2, 0.25) is 6.01 Å². The molecule has 1 saturated carbocycles. The Morgan fingerprint density at radius 2 is 1.82 bits per heavy atom. The highest BCUT2D eigenvalue weighted by Crippen LogP contribution is 2.56. The average molecular weight is 487 g/mol. The van der Waals surface area contributed by atoms with Crippen LogP contribution in [-0.4, -0.2) is 31.3 Å². The second-order valence-electron chi connectivity index (χ2n) is 9.21. The Kier molecular flexibility index (Phi) is 6.24. The number of rotatable bonds is 5. The summed E-state index contributed by atoms with van der Waals surface area (Å²) in [4.78, 5) is 0. The Morgan fingerprint density at radius 3 is 2.48 bits per heavy atom. The summed E-state index contributed by atoms with van der Waals surface area (Å²) >= 11 is 0. The van der Waals surface area contributed by atoms with Crippen LogP contribution in [0.1, 0.15) is 48.8 Å². The topological polar surface area (TPSA) is 63.6 Å². The second-order valence-corrected chi connectivity index (χ2v) is 10.7. The average Bonchev–Trinajstić information content (AvgIpc) is 2.90. The molecule has 1 fully saturated rings. The molecule has 3 atom stereocenters. The van der Waals surface area contributed by atoms with Crippen LogP contribution in [-0.2, 0) is 28.4 Å². The predicted octanol–water partition coefficient (Wildman–Crippen LogP) is 5.23. The molecule has 0 bridgehead atoms. The molecule has 0 aromatic heterocycles. The van der Waals surface area contributed by atoms with Crippen molar-refractivity contribution >= 4 is 10.1 Å². The summed E-state index contributed by atoms with van der Waals surface area (Å²) in [5.41, 5.74) is -0.753. The zero-order valence-corrected chi connectivity index (χ0v) is 18.8. The van der Waals surface area contributed by atoms with E-state index in [9.17, 15) is 31.1 Å². The smallest absolute Gasteiger partial charge is 0.381 e. The van der Waals surface area contributed by atoms with Gasteiger partial charge in [-0.1, -0.05) is 36.4 Å². The van der Waals surface area contributed by atoms with E-state index in [1.165, 1.54) is 6.07 Å². The number of halogens is 4. The Labute approximate surface area is 190 Å². The van der Waals surface area contributed by atoms with Crippen molar-refractivity contribution in [2.45, 2.75) is 62.1 Å². The second kappa shape index (κ2) is 8.58. The number of hydrogen-bond acceptors (Lipinski definition) is 4. The van der Waals surface area contributed by atoms with E-state index >= 15 is 0 Å². The fraction of sp³-hybridized carbons (Fsp3) is 0.500. The van der Waals surface area contributed by atoms with Crippen LogP contribution in [0.25, 0.3) is 0 Å². The first kappa shape index (κ1) is 24.0. The van der Waals surface area contributed by atoms with E-state index in [-0.39, 0.29) is 18.6 Å². The van der Waals surface area contributed by atoms with Gasteiger partial charge in [-0.3, -0.25) is 0 Å². The molecule has 4 nitrogen and oxygen atoms in total. The van der Waals surface area contributed by atoms with Crippen molar-refractivity contribution in [2.75, 3.05) is 6.01 Å². The fourth-order valence-corrected chi connectivity index (χ4v) is 6.08. The van der Waals surface area contributed by atoms with Crippen molar-refractivity contribution in [3.63, 3.8) is 0 Å². The van der Waals surface area contributed by atoms with Gasteiger partial charge in [0.05, 0.1) is 0 Å². The number of aryl methyl sites for hydroxylation is 1. The molecule has 0 unspecified atom stereocenters. The molecule has 2 aliphatic carbocycles. The van der Waals surface area contributed by atoms with Crippen LogP contribution in [0, 0.1) is 5.92 Å². The first-order chi connectivity index (χ1) is 15.5. The Hall–Kier alpha value is -2.13. The molecule has 0 spiro atoms. The molecule has 2 aromatic carbocycles. The minimum Gasteiger partial charge on any atom is -0.381 e. The van der Waals surface area contributed by atoms with Crippen LogP contribution in [0.4, 0.5) is 17.6 Å². The van der Waals surface area contributed by atoms with Gasteiger partial charge in [-0.15, -0.1) is 0 Å². The molecule has 33 heavy (non-hydrogen) atoms. The highest BCUT2D eigenvalue weighted by atomic mass is 32.2. The first-order valence-corrected chi connectivity index (χ1v) is 12.5. The normalized spacial score (nSPS) is 27.8. The maximum absolute atomic E-state index is 13.7. The van der Waals surface area contributed by atoms with Gasteiger partial charge in [-0.05, 0) is 79.7 Å². The molecule has 2 aromatic rings. The molecule has 4 rings (SSSR count). The third-order valence-electron chi connectivity index (χ3n) is 7.21. The summed E-state index contributed by atoms with van der Waals surface area (Å²) in [7, 11) is -4.35. The molecule has 180 valence electrons. The van der Waals surface area contributed by atoms with E-state index in [0.717, 1.165) is 16.7 Å². The van der Waals surface area contributed by atoms with Crippen LogP contribution in [0.2, 0.25) is 0 Å². The lowest BCUT2D eigenvalue weighted by Crippen LogP contribution is -2.55. The van der Waals surface area contributed by atoms with Crippen LogP contribution >= 0.6 is 0 Å². The van der Waals surface area contributed by atoms with Gasteiger partial charge in [0.1, 0.15) is 5.75 Å². The molecular weight excluding hydrogens is 460 g/mol. The monoisotopic (exact) mass is 486 g/mol. The summed E-state index contributed by atoms with van der Waals surface area (Å²) in [6, 6.07) is 12.6. The van der Waals surface area contributed by atoms with E-state index in [4.69, 9.17) is 4.18 Å². The van der Waals surface area contributed by atoms with Crippen molar-refractivity contribution in [3.05, 3.63) is 65.2 Å². The Balaban J connectivity index is 1.80. The highest BCUT2D eigenvalue weighted by Gasteiger charge is 2.60. The van der Waals surface area contributed by atoms with Gasteiger partial charge in [0, 0.05) is 5.41 Å². The van der Waals surface area contributed by atoms with Gasteiger partial charge in [-0.2, -0.15) is 21.6 Å². The quantitative estimate of drug-likeness (QED) is 0.464. The summed E-state index contributed by atoms with van der Waals surface area (Å²) in [6.45, 7) is 0. The number of aliphatic hydroxyl groups is 1. The largest absolute Gasteiger partial charge is 0.417 e. The Morgan fingerprint density at radius 1 is 1.09 bits per heavy atom. The van der Waals surface area contributed by atoms with Gasteiger partial charge < -0.3 is 9.29 Å². The van der Waals surface area contributed by atoms with E-state index in [1.54, 1.807) is 12.1 Å². The van der Waals surface area contributed by atoms with E-state index in [2.05, 4.69) is 0 Å². The van der Waals surface area contributed by atoms with Crippen LogP contribution in [0.3, 0.4) is 0 Å². The Bertz CT molecular complexity index is 1100. The standard InChI is InChI=1S/C24H26F4O4S/c25-16-33(30,31)32-20-9-10-21-18(13-20)7-4-8-19-15-23(29,24(26,27)28)12-11-22(19,21)14-17-5-2-1-3-6-17/h1-3,5-6,9-10,13,19,29H,4,7-8,11-12,14-16H2/t19-,22+,23-/m1/s1. The van der Waals surface area contributed by atoms with Gasteiger partial charge in [-0.25, -0.2) is 4.39 Å². The van der Waals surface area contributed by atoms with Crippen molar-refractivity contribution in [2.24, 2.45) is 5.92 Å². The molecule has 0 radical (unpaired) electrons. The van der Waals surface area contributed by atoms with Crippen LogP contribution < -0.4 is 4.18 Å². The first-order valence-electron chi connectivity index (χ1n) is 10.9. The SMILES string of the molecule is O=S(=O)(CF)Oc1ccc2c(c1)CCC[C@@H]1C[C@@](O)(C(F)(F)F)CC[C@@]21Cc1ccccc1. The maximum Gasteiger partial charge on any atom is 0.417 e. The van der Waals surface area contributed by atoms with Gasteiger partial charge in [0.15, 0.2) is 5.60 Å². The molecule has 2 aliphatic rings. The van der Waals surface area contributed by atoms with Gasteiger partial charge >= 0.3 is 16.3 Å². The number of alkyl halides is 4. The third kappa shape index (κ3) is 4.62. The van der Waals surface area contributed by atoms with Crippen LogP contribution in [0.5, 0.6) is 5.75 Å². The van der Waals surface area contributed by atoms with E-state index in [0.29, 0.717) is 25.7 Å². The molecule has 1 N–H and O–H groups in total. The van der Waals surface area contributed by atoms with Crippen molar-refractivity contribution in [1.29, 1.82) is 0 Å². The van der Waals surface area contributed by atoms with E-state index < -0.39 is 45.7 Å². The minimum atomic E-state index is -4.71. The van der Waals surface area contributed by atoms with Crippen molar-refractivity contribution in [3.8, 4) is 5.75 Å². The molecule has 0 saturated heterocycles. The van der Waals surface area contributed by atoms with Gasteiger partial charge in [0.25, 0.3) is 0 Å².